The van der Waals surface area contributed by atoms with E-state index in [1.807, 2.05) is 0 Å². The molecule has 25 heavy (non-hydrogen) atoms. The molecule has 1 aliphatic rings. The Morgan fingerprint density at radius 2 is 2.00 bits per heavy atom. The molecule has 0 bridgehead atoms. The first-order valence-corrected chi connectivity index (χ1v) is 9.27. The monoisotopic (exact) mass is 344 g/mol. The maximum absolute atomic E-state index is 11.8. The summed E-state index contributed by atoms with van der Waals surface area (Å²) in [5, 5.41) is 6.92. The van der Waals surface area contributed by atoms with Gasteiger partial charge in [0.1, 0.15) is 6.54 Å². The number of hydrogen-bond donors (Lipinski definition) is 2. The molecule has 138 valence electrons. The van der Waals surface area contributed by atoms with Crippen molar-refractivity contribution in [1.82, 2.24) is 15.5 Å². The van der Waals surface area contributed by atoms with Gasteiger partial charge in [-0.05, 0) is 42.7 Å². The van der Waals surface area contributed by atoms with Gasteiger partial charge in [0.2, 0.25) is 5.91 Å². The normalized spacial score (nSPS) is 17.2. The predicted molar refractivity (Wildman–Crippen MR) is 104 cm³/mol. The number of nitrogens with zero attached hydrogens (tertiary/aromatic N) is 2. The first-order valence-electron chi connectivity index (χ1n) is 9.27. The fourth-order valence-electron chi connectivity index (χ4n) is 2.93. The van der Waals surface area contributed by atoms with Gasteiger partial charge in [0, 0.05) is 26.7 Å². The third-order valence-corrected chi connectivity index (χ3v) is 4.57. The van der Waals surface area contributed by atoms with E-state index < -0.39 is 0 Å². The Labute approximate surface area is 151 Å². The van der Waals surface area contributed by atoms with Gasteiger partial charge >= 0.3 is 0 Å². The number of hydrogen-bond acceptors (Lipinski definition) is 2. The van der Waals surface area contributed by atoms with Gasteiger partial charge in [-0.3, -0.25) is 4.79 Å². The predicted octanol–water partition coefficient (Wildman–Crippen LogP) is 2.21. The molecule has 1 atom stereocenters. The van der Waals surface area contributed by atoms with E-state index >= 15 is 0 Å². The molecule has 0 saturated heterocycles. The van der Waals surface area contributed by atoms with Crippen LogP contribution in [0.4, 0.5) is 0 Å². The molecule has 0 fully saturated rings. The lowest BCUT2D eigenvalue weighted by atomic mass is 9.88. The van der Waals surface area contributed by atoms with Gasteiger partial charge in [0.25, 0.3) is 0 Å². The number of carbonyl (C=O) groups excluding carboxylic acids is 1. The Kier molecular flexibility index (Phi) is 7.29. The third kappa shape index (κ3) is 6.40. The van der Waals surface area contributed by atoms with Crippen LogP contribution in [-0.4, -0.2) is 50.0 Å². The van der Waals surface area contributed by atoms with Crippen LogP contribution in [0.15, 0.2) is 29.3 Å². The van der Waals surface area contributed by atoms with Gasteiger partial charge in [-0.15, -0.1) is 0 Å². The topological polar surface area (TPSA) is 56.7 Å². The van der Waals surface area contributed by atoms with E-state index in [1.165, 1.54) is 11.1 Å². The summed E-state index contributed by atoms with van der Waals surface area (Å²) in [7, 11) is 3.52. The zero-order valence-corrected chi connectivity index (χ0v) is 16.0. The summed E-state index contributed by atoms with van der Waals surface area (Å²) in [6, 6.07) is 9.00. The van der Waals surface area contributed by atoms with Crippen molar-refractivity contribution in [2.24, 2.45) is 10.9 Å². The highest BCUT2D eigenvalue weighted by molar-refractivity contribution is 5.85. The van der Waals surface area contributed by atoms with Crippen molar-refractivity contribution >= 4 is 11.9 Å². The summed E-state index contributed by atoms with van der Waals surface area (Å²) in [6.07, 6.45) is 4.26. The summed E-state index contributed by atoms with van der Waals surface area (Å²) in [4.78, 5) is 17.9. The van der Waals surface area contributed by atoms with Crippen LogP contribution in [0, 0.1) is 5.92 Å². The second-order valence-corrected chi connectivity index (χ2v) is 7.42. The number of likely N-dealkylation sites (N-methyl/N-ethyl adjacent to an activating group) is 1. The van der Waals surface area contributed by atoms with E-state index in [0.29, 0.717) is 12.0 Å². The summed E-state index contributed by atoms with van der Waals surface area (Å²) in [6.45, 7) is 5.45. The second kappa shape index (κ2) is 9.44. The average molecular weight is 345 g/mol. The van der Waals surface area contributed by atoms with Crippen molar-refractivity contribution < 1.29 is 4.79 Å². The zero-order chi connectivity index (χ0) is 18.2. The molecule has 0 radical (unpaired) electrons. The molecule has 1 unspecified atom stereocenters. The highest BCUT2D eigenvalue weighted by atomic mass is 16.2. The van der Waals surface area contributed by atoms with E-state index in [0.717, 1.165) is 38.2 Å². The van der Waals surface area contributed by atoms with Crippen molar-refractivity contribution in [1.29, 1.82) is 0 Å². The van der Waals surface area contributed by atoms with Crippen LogP contribution >= 0.6 is 0 Å². The van der Waals surface area contributed by atoms with Crippen LogP contribution in [0.5, 0.6) is 0 Å². The molecule has 1 aromatic carbocycles. The van der Waals surface area contributed by atoms with Gasteiger partial charge in [0.15, 0.2) is 5.96 Å². The van der Waals surface area contributed by atoms with Gasteiger partial charge in [-0.2, -0.15) is 0 Å². The minimum atomic E-state index is 0.0129. The summed E-state index contributed by atoms with van der Waals surface area (Å²) < 4.78 is 0. The average Bonchev–Trinajstić information content (AvgIpc) is 2.58. The molecule has 0 saturated carbocycles. The van der Waals surface area contributed by atoms with E-state index in [4.69, 9.17) is 0 Å². The van der Waals surface area contributed by atoms with Gasteiger partial charge in [-0.1, -0.05) is 38.1 Å². The largest absolute Gasteiger partial charge is 0.356 e. The van der Waals surface area contributed by atoms with E-state index in [1.54, 1.807) is 19.0 Å². The van der Waals surface area contributed by atoms with Gasteiger partial charge < -0.3 is 15.5 Å². The molecular formula is C20H32N4O. The number of benzene rings is 1. The van der Waals surface area contributed by atoms with Crippen LogP contribution in [-0.2, 0) is 17.6 Å². The van der Waals surface area contributed by atoms with Crippen molar-refractivity contribution in [3.8, 4) is 0 Å². The molecule has 0 aliphatic heterocycles. The van der Waals surface area contributed by atoms with Gasteiger partial charge in [-0.25, -0.2) is 4.99 Å². The molecule has 1 aliphatic carbocycles. The van der Waals surface area contributed by atoms with E-state index in [-0.39, 0.29) is 12.5 Å². The standard InChI is InChI=1S/C20H32N4O/c1-15(2)11-12-21-20(22-14-19(25)24(3)4)23-18-10-9-16-7-5-6-8-17(16)13-18/h5-8,15,18H,9-14H2,1-4H3,(H2,21,22,23). The molecule has 2 N–H and O–H groups in total. The molecule has 1 aromatic rings. The molecule has 5 heteroatoms. The highest BCUT2D eigenvalue weighted by Crippen LogP contribution is 2.20. The number of aliphatic imine (C=N–C) groups is 1. The van der Waals surface area contributed by atoms with Crippen molar-refractivity contribution in [2.45, 2.75) is 45.6 Å². The Bertz CT molecular complexity index is 595. The lowest BCUT2D eigenvalue weighted by Crippen LogP contribution is -2.46. The molecule has 2 rings (SSSR count). The highest BCUT2D eigenvalue weighted by Gasteiger charge is 2.19. The lowest BCUT2D eigenvalue weighted by Gasteiger charge is -2.27. The molecule has 0 heterocycles. The number of aryl methyl sites for hydroxylation is 1. The summed E-state index contributed by atoms with van der Waals surface area (Å²) in [5.41, 5.74) is 2.87. The third-order valence-electron chi connectivity index (χ3n) is 4.57. The molecule has 0 spiro atoms. The summed E-state index contributed by atoms with van der Waals surface area (Å²) in [5.74, 6) is 1.40. The van der Waals surface area contributed by atoms with Crippen LogP contribution in [0.3, 0.4) is 0 Å². The first kappa shape index (κ1) is 19.3. The van der Waals surface area contributed by atoms with E-state index in [2.05, 4.69) is 53.7 Å². The maximum atomic E-state index is 11.8. The van der Waals surface area contributed by atoms with Crippen LogP contribution in [0.25, 0.3) is 0 Å². The molecule has 5 nitrogen and oxygen atoms in total. The number of rotatable bonds is 6. The minimum Gasteiger partial charge on any atom is -0.356 e. The van der Waals surface area contributed by atoms with Crippen molar-refractivity contribution in [3.63, 3.8) is 0 Å². The summed E-state index contributed by atoms with van der Waals surface area (Å²) >= 11 is 0. The Morgan fingerprint density at radius 3 is 2.68 bits per heavy atom. The minimum absolute atomic E-state index is 0.0129. The SMILES string of the molecule is CC(C)CCNC(=NCC(=O)N(C)C)NC1CCc2ccccc2C1. The van der Waals surface area contributed by atoms with Crippen LogP contribution in [0.2, 0.25) is 0 Å². The maximum Gasteiger partial charge on any atom is 0.243 e. The number of guanidine groups is 1. The quantitative estimate of drug-likeness (QED) is 0.614. The van der Waals surface area contributed by atoms with E-state index in [9.17, 15) is 4.79 Å². The number of carbonyl (C=O) groups is 1. The Morgan fingerprint density at radius 1 is 1.28 bits per heavy atom. The Hall–Kier alpha value is -2.04. The number of fused-ring (bicyclic) bond motifs is 1. The Balaban J connectivity index is 1.97. The fraction of sp³-hybridized carbons (Fsp3) is 0.600. The van der Waals surface area contributed by atoms with Crippen molar-refractivity contribution in [3.05, 3.63) is 35.4 Å². The lowest BCUT2D eigenvalue weighted by molar-refractivity contribution is -0.127. The second-order valence-electron chi connectivity index (χ2n) is 7.42. The number of nitrogens with one attached hydrogen (secondary N) is 2. The molecule has 0 aromatic heterocycles. The van der Waals surface area contributed by atoms with Gasteiger partial charge in [0.05, 0.1) is 0 Å². The van der Waals surface area contributed by atoms with Crippen LogP contribution < -0.4 is 10.6 Å². The smallest absolute Gasteiger partial charge is 0.243 e. The zero-order valence-electron chi connectivity index (χ0n) is 16.0. The molecular weight excluding hydrogens is 312 g/mol. The fourth-order valence-corrected chi connectivity index (χ4v) is 2.93. The first-order chi connectivity index (χ1) is 12.0. The van der Waals surface area contributed by atoms with Crippen LogP contribution in [0.1, 0.15) is 37.8 Å². The molecule has 1 amide bonds. The van der Waals surface area contributed by atoms with Crippen molar-refractivity contribution in [2.75, 3.05) is 27.2 Å². The number of amides is 1.